The molecule has 0 aromatic carbocycles. The minimum absolute atomic E-state index is 0.132. The summed E-state index contributed by atoms with van der Waals surface area (Å²) in [6.45, 7) is 4.10. The van der Waals surface area contributed by atoms with Crippen LogP contribution in [0, 0.1) is 0 Å². The average molecular weight is 291 g/mol. The molecule has 1 aliphatic heterocycles. The summed E-state index contributed by atoms with van der Waals surface area (Å²) in [5, 5.41) is 0.145. The lowest BCUT2D eigenvalue weighted by Crippen LogP contribution is -2.57. The number of hydrogen-bond acceptors (Lipinski definition) is 4. The lowest BCUT2D eigenvalue weighted by atomic mass is 10.2. The van der Waals surface area contributed by atoms with E-state index in [-0.39, 0.29) is 6.10 Å². The summed E-state index contributed by atoms with van der Waals surface area (Å²) < 4.78 is 30.5. The van der Waals surface area contributed by atoms with Gasteiger partial charge in [0, 0.05) is 12.3 Å². The van der Waals surface area contributed by atoms with E-state index < -0.39 is 15.3 Å². The van der Waals surface area contributed by atoms with Crippen molar-refractivity contribution in [1.29, 1.82) is 0 Å². The number of ether oxygens (including phenoxy) is 1. The highest BCUT2D eigenvalue weighted by Gasteiger charge is 2.38. The quantitative estimate of drug-likeness (QED) is 0.844. The summed E-state index contributed by atoms with van der Waals surface area (Å²) in [6, 6.07) is 3.35. The third-order valence-electron chi connectivity index (χ3n) is 2.76. The van der Waals surface area contributed by atoms with Crippen molar-refractivity contribution in [2.45, 2.75) is 25.2 Å². The SMILES string of the molecule is CC(C)S(=O)(=O)N1CC(Oc2ccc(Cl)cn2)C1. The Morgan fingerprint density at radius 1 is 1.44 bits per heavy atom. The maximum absolute atomic E-state index is 11.8. The predicted octanol–water partition coefficient (Wildman–Crippen LogP) is 1.54. The fraction of sp³-hybridized carbons (Fsp3) is 0.545. The zero-order valence-electron chi connectivity index (χ0n) is 10.2. The number of rotatable bonds is 4. The van der Waals surface area contributed by atoms with Crippen molar-refractivity contribution in [3.8, 4) is 5.88 Å². The van der Waals surface area contributed by atoms with E-state index in [2.05, 4.69) is 4.98 Å². The van der Waals surface area contributed by atoms with E-state index >= 15 is 0 Å². The fourth-order valence-electron chi connectivity index (χ4n) is 1.58. The summed E-state index contributed by atoms with van der Waals surface area (Å²) in [4.78, 5) is 4.00. The van der Waals surface area contributed by atoms with E-state index in [1.807, 2.05) is 0 Å². The zero-order valence-corrected chi connectivity index (χ0v) is 11.8. The van der Waals surface area contributed by atoms with Gasteiger partial charge in [0.1, 0.15) is 6.10 Å². The van der Waals surface area contributed by atoms with Gasteiger partial charge in [-0.05, 0) is 19.9 Å². The Kier molecular flexibility index (Phi) is 3.79. The second-order valence-corrected chi connectivity index (χ2v) is 7.39. The Hall–Kier alpha value is -0.850. The maximum atomic E-state index is 11.8. The molecule has 0 aliphatic carbocycles. The van der Waals surface area contributed by atoms with Gasteiger partial charge in [-0.15, -0.1) is 0 Å². The van der Waals surface area contributed by atoms with E-state index in [1.54, 1.807) is 26.0 Å². The van der Waals surface area contributed by atoms with Gasteiger partial charge >= 0.3 is 0 Å². The third kappa shape index (κ3) is 2.76. The van der Waals surface area contributed by atoms with Crippen LogP contribution in [0.2, 0.25) is 5.02 Å². The van der Waals surface area contributed by atoms with E-state index in [1.165, 1.54) is 10.5 Å². The van der Waals surface area contributed by atoms with Crippen LogP contribution in [0.3, 0.4) is 0 Å². The third-order valence-corrected chi connectivity index (χ3v) is 5.19. The molecule has 0 N–H and O–H groups in total. The van der Waals surface area contributed by atoms with Crippen LogP contribution in [0.5, 0.6) is 5.88 Å². The topological polar surface area (TPSA) is 59.5 Å². The van der Waals surface area contributed by atoms with Crippen molar-refractivity contribution in [2.24, 2.45) is 0 Å². The molecule has 1 saturated heterocycles. The van der Waals surface area contributed by atoms with Gasteiger partial charge in [-0.3, -0.25) is 0 Å². The Morgan fingerprint density at radius 3 is 2.61 bits per heavy atom. The van der Waals surface area contributed by atoms with E-state index in [4.69, 9.17) is 16.3 Å². The molecule has 0 radical (unpaired) electrons. The second-order valence-electron chi connectivity index (χ2n) is 4.47. The molecule has 2 heterocycles. The van der Waals surface area contributed by atoms with Crippen LogP contribution >= 0.6 is 11.6 Å². The number of nitrogens with zero attached hydrogens (tertiary/aromatic N) is 2. The molecule has 5 nitrogen and oxygen atoms in total. The molecule has 0 saturated carbocycles. The summed E-state index contributed by atoms with van der Waals surface area (Å²) in [5.41, 5.74) is 0. The Labute approximate surface area is 112 Å². The summed E-state index contributed by atoms with van der Waals surface area (Å²) >= 11 is 5.71. The Bertz CT molecular complexity index is 510. The first-order valence-corrected chi connectivity index (χ1v) is 7.55. The van der Waals surface area contributed by atoms with Gasteiger partial charge < -0.3 is 4.74 Å². The summed E-state index contributed by atoms with van der Waals surface area (Å²) in [6.07, 6.45) is 1.37. The van der Waals surface area contributed by atoms with Gasteiger partial charge in [0.2, 0.25) is 15.9 Å². The van der Waals surface area contributed by atoms with Gasteiger partial charge in [-0.2, -0.15) is 4.31 Å². The van der Waals surface area contributed by atoms with Crippen molar-refractivity contribution in [1.82, 2.24) is 9.29 Å². The highest BCUT2D eigenvalue weighted by Crippen LogP contribution is 2.21. The van der Waals surface area contributed by atoms with Crippen LogP contribution in [-0.2, 0) is 10.0 Å². The van der Waals surface area contributed by atoms with Crippen molar-refractivity contribution in [2.75, 3.05) is 13.1 Å². The Balaban J connectivity index is 1.89. The lowest BCUT2D eigenvalue weighted by molar-refractivity contribution is 0.0716. The van der Waals surface area contributed by atoms with Crippen LogP contribution in [0.1, 0.15) is 13.8 Å². The van der Waals surface area contributed by atoms with Gasteiger partial charge in [-0.25, -0.2) is 13.4 Å². The normalized spacial score (nSPS) is 17.8. The van der Waals surface area contributed by atoms with Crippen LogP contribution in [0.4, 0.5) is 0 Å². The lowest BCUT2D eigenvalue weighted by Gasteiger charge is -2.38. The summed E-state index contributed by atoms with van der Waals surface area (Å²) in [7, 11) is -3.16. The largest absolute Gasteiger partial charge is 0.472 e. The molecule has 0 atom stereocenters. The molecule has 1 aliphatic rings. The molecule has 0 spiro atoms. The molecule has 0 unspecified atom stereocenters. The van der Waals surface area contributed by atoms with Gasteiger partial charge in [-0.1, -0.05) is 11.6 Å². The van der Waals surface area contributed by atoms with Crippen LogP contribution in [0.15, 0.2) is 18.3 Å². The van der Waals surface area contributed by atoms with Gasteiger partial charge in [0.25, 0.3) is 0 Å². The number of sulfonamides is 1. The second kappa shape index (κ2) is 5.03. The van der Waals surface area contributed by atoms with Crippen LogP contribution in [-0.4, -0.2) is 42.2 Å². The molecule has 1 aromatic heterocycles. The fourth-order valence-corrected chi connectivity index (χ4v) is 3.04. The maximum Gasteiger partial charge on any atom is 0.216 e. The monoisotopic (exact) mass is 290 g/mol. The molecule has 1 aromatic rings. The minimum Gasteiger partial charge on any atom is -0.472 e. The highest BCUT2D eigenvalue weighted by molar-refractivity contribution is 7.89. The predicted molar refractivity (Wildman–Crippen MR) is 69.3 cm³/mol. The molecule has 2 rings (SSSR count). The Morgan fingerprint density at radius 2 is 2.11 bits per heavy atom. The molecule has 1 fully saturated rings. The zero-order chi connectivity index (χ0) is 13.3. The molecular formula is C11H15ClN2O3S. The van der Waals surface area contributed by atoms with Crippen LogP contribution in [0.25, 0.3) is 0 Å². The first kappa shape index (κ1) is 13.6. The van der Waals surface area contributed by atoms with Crippen molar-refractivity contribution < 1.29 is 13.2 Å². The number of hydrogen-bond donors (Lipinski definition) is 0. The van der Waals surface area contributed by atoms with Gasteiger partial charge in [0.05, 0.1) is 23.4 Å². The van der Waals surface area contributed by atoms with E-state index in [0.29, 0.717) is 24.0 Å². The van der Waals surface area contributed by atoms with E-state index in [0.717, 1.165) is 0 Å². The molecule has 0 bridgehead atoms. The molecule has 7 heteroatoms. The van der Waals surface area contributed by atoms with Crippen molar-refractivity contribution >= 4 is 21.6 Å². The smallest absolute Gasteiger partial charge is 0.216 e. The average Bonchev–Trinajstić information content (AvgIpc) is 2.24. The molecule has 18 heavy (non-hydrogen) atoms. The van der Waals surface area contributed by atoms with Crippen molar-refractivity contribution in [3.63, 3.8) is 0 Å². The summed E-state index contributed by atoms with van der Waals surface area (Å²) in [5.74, 6) is 0.464. The first-order valence-electron chi connectivity index (χ1n) is 5.67. The molecule has 0 amide bonds. The number of pyridine rings is 1. The van der Waals surface area contributed by atoms with Gasteiger partial charge in [0.15, 0.2) is 0 Å². The molecular weight excluding hydrogens is 276 g/mol. The van der Waals surface area contributed by atoms with Crippen molar-refractivity contribution in [3.05, 3.63) is 23.4 Å². The molecule has 100 valence electrons. The standard InChI is InChI=1S/C11H15ClN2O3S/c1-8(2)18(15,16)14-6-10(7-14)17-11-4-3-9(12)5-13-11/h3-5,8,10H,6-7H2,1-2H3. The number of aromatic nitrogens is 1. The van der Waals surface area contributed by atoms with E-state index in [9.17, 15) is 8.42 Å². The highest BCUT2D eigenvalue weighted by atomic mass is 35.5. The first-order chi connectivity index (χ1) is 8.39. The number of halogens is 1. The van der Waals surface area contributed by atoms with Crippen LogP contribution < -0.4 is 4.74 Å². The minimum atomic E-state index is -3.16.